The molecule has 7 heteroatoms. The monoisotopic (exact) mass is 320 g/mol. The largest absolute Gasteiger partial charge is 0.454 e. The first-order valence-corrected chi connectivity index (χ1v) is 7.81. The van der Waals surface area contributed by atoms with Crippen LogP contribution < -0.4 is 20.1 Å². The molecule has 6 nitrogen and oxygen atoms in total. The smallest absolute Gasteiger partial charge is 0.319 e. The van der Waals surface area contributed by atoms with E-state index in [1.54, 1.807) is 18.2 Å². The van der Waals surface area contributed by atoms with Crippen molar-refractivity contribution in [3.63, 3.8) is 0 Å². The van der Waals surface area contributed by atoms with E-state index in [4.69, 9.17) is 9.47 Å². The first-order valence-electron chi connectivity index (χ1n) is 6.87. The van der Waals surface area contributed by atoms with Gasteiger partial charge in [-0.3, -0.25) is 0 Å². The van der Waals surface area contributed by atoms with Gasteiger partial charge in [-0.15, -0.1) is 0 Å². The molecule has 1 aromatic heterocycles. The van der Waals surface area contributed by atoms with Crippen LogP contribution in [0.15, 0.2) is 35.0 Å². The minimum Gasteiger partial charge on any atom is -0.454 e. The highest BCUT2D eigenvalue weighted by molar-refractivity contribution is 7.07. The number of rotatable bonds is 5. The maximum Gasteiger partial charge on any atom is 0.319 e. The number of anilines is 1. The fraction of sp³-hybridized carbons (Fsp3) is 0.267. The first kappa shape index (κ1) is 14.7. The van der Waals surface area contributed by atoms with E-state index in [2.05, 4.69) is 10.6 Å². The summed E-state index contributed by atoms with van der Waals surface area (Å²) < 4.78 is 10.5. The molecule has 0 saturated heterocycles. The van der Waals surface area contributed by atoms with Crippen LogP contribution in [0, 0.1) is 0 Å². The van der Waals surface area contributed by atoms with Crippen molar-refractivity contribution in [3.8, 4) is 11.5 Å². The third-order valence-electron chi connectivity index (χ3n) is 3.26. The van der Waals surface area contributed by atoms with Crippen LogP contribution in [0.1, 0.15) is 18.1 Å². The molecule has 0 aliphatic carbocycles. The molecule has 116 valence electrons. The predicted octanol–water partition coefficient (Wildman–Crippen LogP) is 2.72. The summed E-state index contributed by atoms with van der Waals surface area (Å²) in [6.07, 6.45) is -0.0947. The molecule has 1 aliphatic heterocycles. The van der Waals surface area contributed by atoms with Gasteiger partial charge in [-0.25, -0.2) is 4.79 Å². The van der Waals surface area contributed by atoms with Gasteiger partial charge in [0.15, 0.2) is 11.5 Å². The van der Waals surface area contributed by atoms with Gasteiger partial charge in [-0.1, -0.05) is 0 Å². The molecular formula is C15H16N2O4S. The quantitative estimate of drug-likeness (QED) is 0.791. The van der Waals surface area contributed by atoms with Crippen LogP contribution in [0.3, 0.4) is 0 Å². The zero-order valence-electron chi connectivity index (χ0n) is 11.7. The second-order valence-electron chi connectivity index (χ2n) is 4.81. The number of nitrogens with one attached hydrogen (secondary N) is 2. The number of aliphatic hydroxyl groups is 1. The maximum absolute atomic E-state index is 11.8. The van der Waals surface area contributed by atoms with E-state index in [0.717, 1.165) is 5.56 Å². The number of aliphatic hydroxyl groups excluding tert-OH is 1. The van der Waals surface area contributed by atoms with Crippen LogP contribution in [0.2, 0.25) is 0 Å². The average molecular weight is 320 g/mol. The van der Waals surface area contributed by atoms with Crippen molar-refractivity contribution in [2.24, 2.45) is 0 Å². The van der Waals surface area contributed by atoms with Crippen molar-refractivity contribution in [1.82, 2.24) is 5.32 Å². The lowest BCUT2D eigenvalue weighted by molar-refractivity contribution is 0.168. The third-order valence-corrected chi connectivity index (χ3v) is 3.96. The summed E-state index contributed by atoms with van der Waals surface area (Å²) in [5.41, 5.74) is 1.50. The Hall–Kier alpha value is -2.25. The van der Waals surface area contributed by atoms with Crippen LogP contribution in [-0.2, 0) is 0 Å². The van der Waals surface area contributed by atoms with Gasteiger partial charge in [0, 0.05) is 18.3 Å². The van der Waals surface area contributed by atoms with Crippen molar-refractivity contribution in [2.75, 3.05) is 18.7 Å². The molecule has 0 spiro atoms. The normalized spacial score (nSPS) is 13.7. The highest BCUT2D eigenvalue weighted by atomic mass is 32.1. The summed E-state index contributed by atoms with van der Waals surface area (Å²) in [6.45, 7) is 0.582. The summed E-state index contributed by atoms with van der Waals surface area (Å²) in [5, 5.41) is 19.2. The van der Waals surface area contributed by atoms with Gasteiger partial charge < -0.3 is 25.2 Å². The van der Waals surface area contributed by atoms with Gasteiger partial charge in [0.05, 0.1) is 6.10 Å². The maximum atomic E-state index is 11.8. The molecule has 0 radical (unpaired) electrons. The third kappa shape index (κ3) is 3.49. The first-order chi connectivity index (χ1) is 10.7. The Morgan fingerprint density at radius 3 is 3.00 bits per heavy atom. The van der Waals surface area contributed by atoms with E-state index in [0.29, 0.717) is 30.2 Å². The van der Waals surface area contributed by atoms with Crippen LogP contribution in [0.25, 0.3) is 0 Å². The van der Waals surface area contributed by atoms with Crippen LogP contribution in [0.4, 0.5) is 10.5 Å². The Balaban J connectivity index is 1.44. The number of carbonyl (C=O) groups is 1. The Morgan fingerprint density at radius 2 is 2.18 bits per heavy atom. The van der Waals surface area contributed by atoms with Gasteiger partial charge in [0.25, 0.3) is 0 Å². The molecule has 0 unspecified atom stereocenters. The molecule has 1 aliphatic rings. The van der Waals surface area contributed by atoms with Gasteiger partial charge in [0.2, 0.25) is 6.79 Å². The van der Waals surface area contributed by atoms with Gasteiger partial charge in [0.1, 0.15) is 0 Å². The molecule has 2 amide bonds. The molecule has 22 heavy (non-hydrogen) atoms. The molecule has 3 N–H and O–H groups in total. The van der Waals surface area contributed by atoms with Gasteiger partial charge in [-0.2, -0.15) is 11.3 Å². The zero-order chi connectivity index (χ0) is 15.4. The van der Waals surface area contributed by atoms with E-state index >= 15 is 0 Å². The number of thiophene rings is 1. The zero-order valence-corrected chi connectivity index (χ0v) is 12.6. The Kier molecular flexibility index (Phi) is 4.45. The summed E-state index contributed by atoms with van der Waals surface area (Å²) in [6, 6.07) is 6.76. The number of fused-ring (bicyclic) bond motifs is 1. The minimum atomic E-state index is -0.558. The van der Waals surface area contributed by atoms with E-state index in [1.807, 2.05) is 16.8 Å². The Labute approximate surface area is 131 Å². The molecule has 1 atom stereocenters. The van der Waals surface area contributed by atoms with Crippen molar-refractivity contribution in [1.29, 1.82) is 0 Å². The predicted molar refractivity (Wildman–Crippen MR) is 83.5 cm³/mol. The molecule has 1 aromatic carbocycles. The average Bonchev–Trinajstić information content (AvgIpc) is 3.18. The fourth-order valence-corrected chi connectivity index (χ4v) is 2.81. The van der Waals surface area contributed by atoms with Crippen LogP contribution in [0.5, 0.6) is 11.5 Å². The summed E-state index contributed by atoms with van der Waals surface area (Å²) in [7, 11) is 0. The number of ether oxygens (including phenoxy) is 2. The fourth-order valence-electron chi connectivity index (χ4n) is 2.10. The van der Waals surface area contributed by atoms with Gasteiger partial charge in [-0.05, 0) is 40.9 Å². The number of urea groups is 1. The van der Waals surface area contributed by atoms with Crippen molar-refractivity contribution < 1.29 is 19.4 Å². The number of amides is 2. The van der Waals surface area contributed by atoms with Crippen LogP contribution in [-0.4, -0.2) is 24.5 Å². The second kappa shape index (κ2) is 6.67. The molecule has 0 fully saturated rings. The lowest BCUT2D eigenvalue weighted by atomic mass is 10.1. The molecule has 2 aromatic rings. The highest BCUT2D eigenvalue weighted by Crippen LogP contribution is 2.34. The van der Waals surface area contributed by atoms with Crippen LogP contribution >= 0.6 is 11.3 Å². The summed E-state index contributed by atoms with van der Waals surface area (Å²) >= 11 is 1.54. The van der Waals surface area contributed by atoms with Crippen molar-refractivity contribution >= 4 is 23.1 Å². The van der Waals surface area contributed by atoms with Crippen molar-refractivity contribution in [2.45, 2.75) is 12.5 Å². The highest BCUT2D eigenvalue weighted by Gasteiger charge is 2.14. The van der Waals surface area contributed by atoms with Crippen molar-refractivity contribution in [3.05, 3.63) is 40.6 Å². The number of benzene rings is 1. The molecule has 2 heterocycles. The Bertz CT molecular complexity index is 645. The summed E-state index contributed by atoms with van der Waals surface area (Å²) in [5.74, 6) is 1.29. The molecular weight excluding hydrogens is 304 g/mol. The van der Waals surface area contributed by atoms with E-state index in [9.17, 15) is 9.90 Å². The van der Waals surface area contributed by atoms with E-state index < -0.39 is 6.10 Å². The molecule has 0 saturated carbocycles. The number of hydrogen-bond acceptors (Lipinski definition) is 5. The lowest BCUT2D eigenvalue weighted by Gasteiger charge is -2.11. The standard InChI is InChI=1S/C15H16N2O4S/c18-12(10-4-6-22-8-10)3-5-16-15(19)17-11-1-2-13-14(7-11)21-9-20-13/h1-2,4,6-8,12,18H,3,5,9H2,(H2,16,17,19)/t12-/m1/s1. The minimum absolute atomic E-state index is 0.200. The molecule has 3 rings (SSSR count). The second-order valence-corrected chi connectivity index (χ2v) is 5.59. The number of carbonyl (C=O) groups excluding carboxylic acids is 1. The van der Waals surface area contributed by atoms with E-state index in [-0.39, 0.29) is 12.8 Å². The topological polar surface area (TPSA) is 79.8 Å². The lowest BCUT2D eigenvalue weighted by Crippen LogP contribution is -2.30. The van der Waals surface area contributed by atoms with Gasteiger partial charge >= 0.3 is 6.03 Å². The Morgan fingerprint density at radius 1 is 1.32 bits per heavy atom. The SMILES string of the molecule is O=C(NCC[C@@H](O)c1ccsc1)Nc1ccc2c(c1)OCO2. The molecule has 0 bridgehead atoms. The van der Waals surface area contributed by atoms with E-state index in [1.165, 1.54) is 11.3 Å². The number of hydrogen-bond donors (Lipinski definition) is 3. The summed E-state index contributed by atoms with van der Waals surface area (Å²) in [4.78, 5) is 11.8.